The van der Waals surface area contributed by atoms with Gasteiger partial charge in [0.1, 0.15) is 0 Å². The molecule has 0 atom stereocenters. The number of alkyl halides is 3. The highest BCUT2D eigenvalue weighted by molar-refractivity contribution is 7.16. The van der Waals surface area contributed by atoms with Crippen molar-refractivity contribution in [3.63, 3.8) is 0 Å². The first-order chi connectivity index (χ1) is 12.7. The van der Waals surface area contributed by atoms with Crippen LogP contribution in [0.4, 0.5) is 24.0 Å². The maximum Gasteiger partial charge on any atom is 0.416 e. The van der Waals surface area contributed by atoms with E-state index in [1.165, 1.54) is 12.1 Å². The quantitative estimate of drug-likeness (QED) is 0.709. The number of carboxylic acid groups (broad SMARTS) is 1. The van der Waals surface area contributed by atoms with Crippen LogP contribution in [-0.2, 0) is 17.4 Å². The molecule has 3 rings (SSSR count). The van der Waals surface area contributed by atoms with E-state index in [1.807, 2.05) is 31.2 Å². The normalized spacial score (nSPS) is 11.4. The summed E-state index contributed by atoms with van der Waals surface area (Å²) in [7, 11) is 0. The number of anilines is 2. The van der Waals surface area contributed by atoms with Crippen molar-refractivity contribution in [2.75, 3.05) is 5.32 Å². The Kier molecular flexibility index (Phi) is 5.18. The van der Waals surface area contributed by atoms with Gasteiger partial charge in [0.25, 0.3) is 0 Å². The summed E-state index contributed by atoms with van der Waals surface area (Å²) in [6, 6.07) is 12.1. The van der Waals surface area contributed by atoms with Gasteiger partial charge in [-0.05, 0) is 25.1 Å². The smallest absolute Gasteiger partial charge is 0.416 e. The minimum atomic E-state index is -4.45. The van der Waals surface area contributed by atoms with Crippen LogP contribution < -0.4 is 10.4 Å². The number of halogens is 3. The first kappa shape index (κ1) is 18.9. The maximum absolute atomic E-state index is 12.9. The second-order valence-electron chi connectivity index (χ2n) is 5.91. The number of benzene rings is 2. The number of carboxylic acids is 1. The fourth-order valence-corrected chi connectivity index (χ4v) is 3.48. The Morgan fingerprint density at radius 2 is 1.89 bits per heavy atom. The molecule has 0 saturated carbocycles. The van der Waals surface area contributed by atoms with E-state index >= 15 is 0 Å². The van der Waals surface area contributed by atoms with Crippen molar-refractivity contribution in [2.24, 2.45) is 0 Å². The number of nitrogens with one attached hydrogen (secondary N) is 1. The van der Waals surface area contributed by atoms with Crippen LogP contribution in [0, 0.1) is 6.92 Å². The van der Waals surface area contributed by atoms with Gasteiger partial charge in [0.2, 0.25) is 0 Å². The number of thiazole rings is 1. The maximum atomic E-state index is 12.9. The summed E-state index contributed by atoms with van der Waals surface area (Å²) in [6.45, 7) is 1.92. The second-order valence-corrected chi connectivity index (χ2v) is 6.99. The van der Waals surface area contributed by atoms with Crippen LogP contribution in [0.5, 0.6) is 0 Å². The van der Waals surface area contributed by atoms with E-state index in [1.54, 1.807) is 0 Å². The third-order valence-electron chi connectivity index (χ3n) is 3.77. The molecule has 0 unspecified atom stereocenters. The molecule has 0 spiro atoms. The lowest BCUT2D eigenvalue weighted by Crippen LogP contribution is -2.24. The highest BCUT2D eigenvalue weighted by atomic mass is 32.1. The number of aromatic nitrogens is 1. The van der Waals surface area contributed by atoms with Crippen molar-refractivity contribution < 1.29 is 23.1 Å². The molecule has 3 aromatic rings. The summed E-state index contributed by atoms with van der Waals surface area (Å²) < 4.78 is 38.6. The largest absolute Gasteiger partial charge is 0.550 e. The number of rotatable bonds is 5. The van der Waals surface area contributed by atoms with Gasteiger partial charge in [0, 0.05) is 28.5 Å². The number of aliphatic carboxylic acids is 1. The van der Waals surface area contributed by atoms with Gasteiger partial charge in [0.05, 0.1) is 11.3 Å². The van der Waals surface area contributed by atoms with Crippen LogP contribution >= 0.6 is 11.3 Å². The van der Waals surface area contributed by atoms with E-state index in [-0.39, 0.29) is 12.1 Å². The molecule has 0 fully saturated rings. The number of aryl methyl sites for hydroxylation is 1. The zero-order valence-electron chi connectivity index (χ0n) is 14.1. The number of nitrogens with zero attached hydrogens (tertiary/aromatic N) is 1. The van der Waals surface area contributed by atoms with Crippen molar-refractivity contribution in [1.82, 2.24) is 4.98 Å². The molecule has 8 heteroatoms. The van der Waals surface area contributed by atoms with E-state index < -0.39 is 17.7 Å². The zero-order valence-corrected chi connectivity index (χ0v) is 14.9. The van der Waals surface area contributed by atoms with Gasteiger partial charge in [-0.3, -0.25) is 0 Å². The van der Waals surface area contributed by atoms with Crippen LogP contribution in [0.2, 0.25) is 0 Å². The fraction of sp³-hybridized carbons (Fsp3) is 0.158. The number of hydrogen-bond donors (Lipinski definition) is 1. The van der Waals surface area contributed by atoms with Crippen LogP contribution in [0.1, 0.15) is 16.0 Å². The molecule has 0 radical (unpaired) electrons. The molecule has 0 aliphatic rings. The van der Waals surface area contributed by atoms with Gasteiger partial charge in [-0.1, -0.05) is 35.9 Å². The summed E-state index contributed by atoms with van der Waals surface area (Å²) in [5, 5.41) is 14.2. The third kappa shape index (κ3) is 4.65. The highest BCUT2D eigenvalue weighted by Gasteiger charge is 2.30. The van der Waals surface area contributed by atoms with Crippen molar-refractivity contribution in [2.45, 2.75) is 19.5 Å². The highest BCUT2D eigenvalue weighted by Crippen LogP contribution is 2.35. The van der Waals surface area contributed by atoms with Crippen molar-refractivity contribution in [3.8, 4) is 11.3 Å². The molecular weight excluding hydrogens is 377 g/mol. The van der Waals surface area contributed by atoms with Crippen molar-refractivity contribution in [3.05, 3.63) is 64.5 Å². The average molecular weight is 391 g/mol. The van der Waals surface area contributed by atoms with E-state index in [0.29, 0.717) is 15.7 Å². The topological polar surface area (TPSA) is 65.0 Å². The summed E-state index contributed by atoms with van der Waals surface area (Å²) in [5.41, 5.74) is 1.67. The van der Waals surface area contributed by atoms with Crippen LogP contribution in [-0.4, -0.2) is 11.0 Å². The Morgan fingerprint density at radius 1 is 1.19 bits per heavy atom. The summed E-state index contributed by atoms with van der Waals surface area (Å²) in [5.74, 6) is -1.25. The lowest BCUT2D eigenvalue weighted by molar-refractivity contribution is -0.304. The Balaban J connectivity index is 1.95. The molecule has 0 aliphatic carbocycles. The summed E-state index contributed by atoms with van der Waals surface area (Å²) in [6.07, 6.45) is -4.78. The molecule has 4 nitrogen and oxygen atoms in total. The van der Waals surface area contributed by atoms with Gasteiger partial charge in [0.15, 0.2) is 5.13 Å². The van der Waals surface area contributed by atoms with E-state index in [4.69, 9.17) is 0 Å². The Morgan fingerprint density at radius 3 is 2.52 bits per heavy atom. The minimum Gasteiger partial charge on any atom is -0.550 e. The van der Waals surface area contributed by atoms with Crippen molar-refractivity contribution in [1.29, 1.82) is 0 Å². The van der Waals surface area contributed by atoms with Crippen LogP contribution in [0.25, 0.3) is 11.3 Å². The molecule has 0 saturated heterocycles. The Bertz CT molecular complexity index is 966. The molecule has 1 N–H and O–H groups in total. The first-order valence-electron chi connectivity index (χ1n) is 7.93. The third-order valence-corrected chi connectivity index (χ3v) is 4.74. The summed E-state index contributed by atoms with van der Waals surface area (Å²) in [4.78, 5) is 15.9. The molecule has 1 heterocycles. The standard InChI is InChI=1S/C19H15F3N2O2S/c1-11-5-7-12(8-6-11)17-15(10-16(25)26)27-18(24-17)23-14-4-2-3-13(9-14)19(20,21)22/h2-9H,10H2,1H3,(H,23,24)(H,25,26)/p-1. The molecule has 0 bridgehead atoms. The predicted octanol–water partition coefficient (Wildman–Crippen LogP) is 4.17. The molecular formula is C19H14F3N2O2S-. The molecule has 0 aliphatic heterocycles. The molecule has 1 aromatic heterocycles. The van der Waals surface area contributed by atoms with Gasteiger partial charge in [-0.25, -0.2) is 4.98 Å². The van der Waals surface area contributed by atoms with Gasteiger partial charge < -0.3 is 15.2 Å². The molecule has 2 aromatic carbocycles. The second kappa shape index (κ2) is 7.40. The lowest BCUT2D eigenvalue weighted by atomic mass is 10.1. The van der Waals surface area contributed by atoms with Crippen LogP contribution in [0.15, 0.2) is 48.5 Å². The van der Waals surface area contributed by atoms with E-state index in [9.17, 15) is 23.1 Å². The average Bonchev–Trinajstić information content (AvgIpc) is 2.96. The fourth-order valence-electron chi connectivity index (χ4n) is 2.49. The Labute approximate surface area is 157 Å². The number of carbonyl (C=O) groups is 1. The molecule has 140 valence electrons. The SMILES string of the molecule is Cc1ccc(-c2nc(Nc3cccc(C(F)(F)F)c3)sc2CC(=O)[O-])cc1. The predicted molar refractivity (Wildman–Crippen MR) is 95.7 cm³/mol. The summed E-state index contributed by atoms with van der Waals surface area (Å²) >= 11 is 1.07. The van der Waals surface area contributed by atoms with Gasteiger partial charge in [-0.2, -0.15) is 13.2 Å². The van der Waals surface area contributed by atoms with Crippen molar-refractivity contribution >= 4 is 28.1 Å². The van der Waals surface area contributed by atoms with E-state index in [0.717, 1.165) is 34.6 Å². The monoisotopic (exact) mass is 391 g/mol. The lowest BCUT2D eigenvalue weighted by Gasteiger charge is -2.08. The molecule has 0 amide bonds. The zero-order chi connectivity index (χ0) is 19.6. The van der Waals surface area contributed by atoms with Crippen LogP contribution in [0.3, 0.4) is 0 Å². The first-order valence-corrected chi connectivity index (χ1v) is 8.75. The number of carbonyl (C=O) groups excluding carboxylic acids is 1. The molecule has 27 heavy (non-hydrogen) atoms. The van der Waals surface area contributed by atoms with E-state index in [2.05, 4.69) is 10.3 Å². The van der Waals surface area contributed by atoms with Gasteiger partial charge >= 0.3 is 6.18 Å². The number of hydrogen-bond acceptors (Lipinski definition) is 5. The minimum absolute atomic E-state index is 0.217. The van der Waals surface area contributed by atoms with Gasteiger partial charge in [-0.15, -0.1) is 11.3 Å². The Hall–Kier alpha value is -2.87.